The zero-order valence-electron chi connectivity index (χ0n) is 13.7. The SMILES string of the molecule is CCCCCCCC(=O)NNC(=O)C(C)Oc1ccccc1F. The maximum atomic E-state index is 13.4. The Bertz CT molecular complexity index is 508. The first kappa shape index (κ1) is 18.9. The molecular weight excluding hydrogens is 299 g/mol. The van der Waals surface area contributed by atoms with E-state index in [0.717, 1.165) is 25.7 Å². The van der Waals surface area contributed by atoms with Crippen LogP contribution in [-0.4, -0.2) is 17.9 Å². The molecule has 23 heavy (non-hydrogen) atoms. The van der Waals surface area contributed by atoms with Crippen LogP contribution < -0.4 is 15.6 Å². The van der Waals surface area contributed by atoms with E-state index < -0.39 is 17.8 Å². The van der Waals surface area contributed by atoms with Crippen molar-refractivity contribution in [2.24, 2.45) is 0 Å². The molecule has 0 radical (unpaired) electrons. The smallest absolute Gasteiger partial charge is 0.279 e. The third-order valence-electron chi connectivity index (χ3n) is 3.34. The summed E-state index contributed by atoms with van der Waals surface area (Å²) in [5, 5.41) is 0. The highest BCUT2D eigenvalue weighted by molar-refractivity contribution is 5.84. The Hall–Kier alpha value is -2.11. The first-order valence-electron chi connectivity index (χ1n) is 8.04. The maximum Gasteiger partial charge on any atom is 0.279 e. The number of carbonyl (C=O) groups excluding carboxylic acids is 2. The highest BCUT2D eigenvalue weighted by Gasteiger charge is 2.16. The molecular formula is C17H25FN2O3. The number of benzene rings is 1. The molecule has 0 aliphatic rings. The molecule has 128 valence electrons. The molecule has 0 saturated heterocycles. The number of para-hydroxylation sites is 1. The monoisotopic (exact) mass is 324 g/mol. The van der Waals surface area contributed by atoms with Gasteiger partial charge in [-0.2, -0.15) is 0 Å². The molecule has 2 N–H and O–H groups in total. The molecule has 5 nitrogen and oxygen atoms in total. The number of halogens is 1. The third-order valence-corrected chi connectivity index (χ3v) is 3.34. The lowest BCUT2D eigenvalue weighted by Gasteiger charge is -2.15. The van der Waals surface area contributed by atoms with Gasteiger partial charge in [0.1, 0.15) is 0 Å². The van der Waals surface area contributed by atoms with Crippen molar-refractivity contribution in [1.82, 2.24) is 10.9 Å². The quantitative estimate of drug-likeness (QED) is 0.542. The van der Waals surface area contributed by atoms with E-state index in [0.29, 0.717) is 6.42 Å². The van der Waals surface area contributed by atoms with Gasteiger partial charge in [-0.3, -0.25) is 20.4 Å². The van der Waals surface area contributed by atoms with E-state index in [-0.39, 0.29) is 11.7 Å². The van der Waals surface area contributed by atoms with Gasteiger partial charge in [-0.25, -0.2) is 4.39 Å². The number of hydrogen-bond acceptors (Lipinski definition) is 3. The molecule has 1 unspecified atom stereocenters. The van der Waals surface area contributed by atoms with Crippen molar-refractivity contribution in [1.29, 1.82) is 0 Å². The number of carbonyl (C=O) groups is 2. The van der Waals surface area contributed by atoms with Crippen LogP contribution in [0.15, 0.2) is 24.3 Å². The van der Waals surface area contributed by atoms with Crippen LogP contribution in [0.25, 0.3) is 0 Å². The Labute approximate surface area is 136 Å². The van der Waals surface area contributed by atoms with Crippen molar-refractivity contribution in [3.05, 3.63) is 30.1 Å². The maximum absolute atomic E-state index is 13.4. The van der Waals surface area contributed by atoms with Crippen molar-refractivity contribution in [3.8, 4) is 5.75 Å². The molecule has 0 heterocycles. The Balaban J connectivity index is 2.24. The van der Waals surface area contributed by atoms with Gasteiger partial charge in [0.2, 0.25) is 5.91 Å². The molecule has 1 atom stereocenters. The van der Waals surface area contributed by atoms with E-state index >= 15 is 0 Å². The summed E-state index contributed by atoms with van der Waals surface area (Å²) < 4.78 is 18.7. The van der Waals surface area contributed by atoms with Gasteiger partial charge in [0, 0.05) is 6.42 Å². The topological polar surface area (TPSA) is 67.4 Å². The standard InChI is InChI=1S/C17H25FN2O3/c1-3-4-5-6-7-12-16(21)19-20-17(22)13(2)23-15-11-9-8-10-14(15)18/h8-11,13H,3-7,12H2,1-2H3,(H,19,21)(H,20,22). The molecule has 0 aliphatic heterocycles. The second kappa shape index (κ2) is 10.6. The van der Waals surface area contributed by atoms with Gasteiger partial charge in [-0.05, 0) is 25.5 Å². The lowest BCUT2D eigenvalue weighted by atomic mass is 10.1. The number of hydrogen-bond donors (Lipinski definition) is 2. The number of amides is 2. The molecule has 0 aliphatic carbocycles. The molecule has 0 saturated carbocycles. The average Bonchev–Trinajstić information content (AvgIpc) is 2.54. The van der Waals surface area contributed by atoms with E-state index in [2.05, 4.69) is 17.8 Å². The molecule has 0 spiro atoms. The molecule has 1 aromatic carbocycles. The van der Waals surface area contributed by atoms with Crippen LogP contribution in [-0.2, 0) is 9.59 Å². The molecule has 1 rings (SSSR count). The highest BCUT2D eigenvalue weighted by Crippen LogP contribution is 2.16. The summed E-state index contributed by atoms with van der Waals surface area (Å²) >= 11 is 0. The zero-order valence-corrected chi connectivity index (χ0v) is 13.7. The van der Waals surface area contributed by atoms with Gasteiger partial charge in [-0.1, -0.05) is 44.7 Å². The van der Waals surface area contributed by atoms with E-state index in [1.165, 1.54) is 31.5 Å². The Morgan fingerprint density at radius 2 is 1.83 bits per heavy atom. The summed E-state index contributed by atoms with van der Waals surface area (Å²) in [7, 11) is 0. The van der Waals surface area contributed by atoms with Gasteiger partial charge in [0.15, 0.2) is 17.7 Å². The number of ether oxygens (including phenoxy) is 1. The largest absolute Gasteiger partial charge is 0.478 e. The predicted molar refractivity (Wildman–Crippen MR) is 86.2 cm³/mol. The predicted octanol–water partition coefficient (Wildman–Crippen LogP) is 3.10. The Morgan fingerprint density at radius 1 is 1.13 bits per heavy atom. The summed E-state index contributed by atoms with van der Waals surface area (Å²) in [6.45, 7) is 3.62. The van der Waals surface area contributed by atoms with Crippen LogP contribution in [0.5, 0.6) is 5.75 Å². The summed E-state index contributed by atoms with van der Waals surface area (Å²) in [4.78, 5) is 23.4. The number of nitrogens with one attached hydrogen (secondary N) is 2. The highest BCUT2D eigenvalue weighted by atomic mass is 19.1. The van der Waals surface area contributed by atoms with Crippen LogP contribution in [0.1, 0.15) is 52.4 Å². The summed E-state index contributed by atoms with van der Waals surface area (Å²) in [5.41, 5.74) is 4.63. The summed E-state index contributed by atoms with van der Waals surface area (Å²) in [6, 6.07) is 5.84. The zero-order chi connectivity index (χ0) is 17.1. The molecule has 1 aromatic rings. The van der Waals surface area contributed by atoms with Gasteiger partial charge < -0.3 is 4.74 Å². The lowest BCUT2D eigenvalue weighted by molar-refractivity contribution is -0.132. The lowest BCUT2D eigenvalue weighted by Crippen LogP contribution is -2.47. The van der Waals surface area contributed by atoms with E-state index in [1.807, 2.05) is 0 Å². The van der Waals surface area contributed by atoms with Gasteiger partial charge >= 0.3 is 0 Å². The van der Waals surface area contributed by atoms with Crippen LogP contribution in [0.2, 0.25) is 0 Å². The van der Waals surface area contributed by atoms with Gasteiger partial charge in [0.25, 0.3) is 5.91 Å². The van der Waals surface area contributed by atoms with Crippen molar-refractivity contribution < 1.29 is 18.7 Å². The third kappa shape index (κ3) is 7.63. The van der Waals surface area contributed by atoms with Crippen LogP contribution in [0.4, 0.5) is 4.39 Å². The van der Waals surface area contributed by atoms with Gasteiger partial charge in [-0.15, -0.1) is 0 Å². The fourth-order valence-corrected chi connectivity index (χ4v) is 1.97. The number of rotatable bonds is 9. The van der Waals surface area contributed by atoms with E-state index in [9.17, 15) is 14.0 Å². The first-order valence-corrected chi connectivity index (χ1v) is 8.04. The van der Waals surface area contributed by atoms with Crippen LogP contribution in [0.3, 0.4) is 0 Å². The fourth-order valence-electron chi connectivity index (χ4n) is 1.97. The average molecular weight is 324 g/mol. The molecule has 0 fully saturated rings. The van der Waals surface area contributed by atoms with Crippen molar-refractivity contribution in [2.75, 3.05) is 0 Å². The molecule has 0 aromatic heterocycles. The van der Waals surface area contributed by atoms with Crippen molar-refractivity contribution in [3.63, 3.8) is 0 Å². The molecule has 6 heteroatoms. The minimum atomic E-state index is -0.920. The number of hydrazine groups is 1. The summed E-state index contributed by atoms with van der Waals surface area (Å²) in [6.07, 6.45) is 4.68. The molecule has 2 amide bonds. The molecule has 0 bridgehead atoms. The second-order valence-electron chi connectivity index (χ2n) is 5.39. The van der Waals surface area contributed by atoms with E-state index in [1.54, 1.807) is 6.07 Å². The second-order valence-corrected chi connectivity index (χ2v) is 5.39. The summed E-state index contributed by atoms with van der Waals surface area (Å²) in [5.74, 6) is -1.32. The van der Waals surface area contributed by atoms with Crippen molar-refractivity contribution >= 4 is 11.8 Å². The number of unbranched alkanes of at least 4 members (excludes halogenated alkanes) is 4. The first-order chi connectivity index (χ1) is 11.0. The van der Waals surface area contributed by atoms with Gasteiger partial charge in [0.05, 0.1) is 0 Å². The van der Waals surface area contributed by atoms with Crippen molar-refractivity contribution in [2.45, 2.75) is 58.5 Å². The minimum Gasteiger partial charge on any atom is -0.478 e. The normalized spacial score (nSPS) is 11.6. The Kier molecular flexibility index (Phi) is 8.72. The van der Waals surface area contributed by atoms with Crippen LogP contribution in [0, 0.1) is 5.82 Å². The van der Waals surface area contributed by atoms with Crippen LogP contribution >= 0.6 is 0 Å². The Morgan fingerprint density at radius 3 is 2.52 bits per heavy atom. The van der Waals surface area contributed by atoms with E-state index in [4.69, 9.17) is 4.74 Å². The fraction of sp³-hybridized carbons (Fsp3) is 0.529. The minimum absolute atomic E-state index is 0.00241.